The molecule has 0 radical (unpaired) electrons. The number of anilines is 1. The highest BCUT2D eigenvalue weighted by Crippen LogP contribution is 2.27. The van der Waals surface area contributed by atoms with Crippen LogP contribution in [0.4, 0.5) is 5.82 Å². The zero-order valence-electron chi connectivity index (χ0n) is 16.8. The molecule has 2 heterocycles. The largest absolute Gasteiger partial charge is 0.495 e. The Hall–Kier alpha value is -2.87. The molecule has 29 heavy (non-hydrogen) atoms. The highest BCUT2D eigenvalue weighted by molar-refractivity contribution is 6.32. The summed E-state index contributed by atoms with van der Waals surface area (Å²) in [6.45, 7) is 2.61. The van der Waals surface area contributed by atoms with Gasteiger partial charge >= 0.3 is 0 Å². The van der Waals surface area contributed by atoms with E-state index < -0.39 is 0 Å². The molecule has 0 bridgehead atoms. The summed E-state index contributed by atoms with van der Waals surface area (Å²) in [4.78, 5) is 20.5. The van der Waals surface area contributed by atoms with Crippen LogP contribution in [0.5, 0.6) is 5.75 Å². The van der Waals surface area contributed by atoms with Crippen molar-refractivity contribution in [2.24, 2.45) is 12.8 Å². The Bertz CT molecular complexity index is 1030. The molecule has 8 nitrogen and oxygen atoms in total. The predicted octanol–water partition coefficient (Wildman–Crippen LogP) is 3.01. The van der Waals surface area contributed by atoms with Crippen LogP contribution in [-0.4, -0.2) is 32.8 Å². The number of carbonyl (C=O) groups excluding carboxylic acids is 1. The van der Waals surface area contributed by atoms with Crippen molar-refractivity contribution in [2.45, 2.75) is 39.2 Å². The quantitative estimate of drug-likeness (QED) is 0.555. The minimum atomic E-state index is -0.379. The minimum absolute atomic E-state index is 0.197. The monoisotopic (exact) mass is 416 g/mol. The fourth-order valence-electron chi connectivity index (χ4n) is 3.17. The molecule has 0 unspecified atom stereocenters. The number of benzene rings is 1. The van der Waals surface area contributed by atoms with Crippen LogP contribution in [0.2, 0.25) is 5.02 Å². The van der Waals surface area contributed by atoms with E-state index in [0.717, 1.165) is 35.1 Å². The van der Waals surface area contributed by atoms with Crippen molar-refractivity contribution < 1.29 is 9.53 Å². The summed E-state index contributed by atoms with van der Waals surface area (Å²) in [5, 5.41) is 8.53. The molecule has 154 valence electrons. The number of hydrogen-bond acceptors (Lipinski definition) is 6. The van der Waals surface area contributed by atoms with Crippen LogP contribution in [0.15, 0.2) is 18.2 Å². The molecule has 2 aromatic heterocycles. The van der Waals surface area contributed by atoms with Gasteiger partial charge in [0.1, 0.15) is 22.6 Å². The number of aromatic nitrogens is 4. The lowest BCUT2D eigenvalue weighted by atomic mass is 10.2. The predicted molar refractivity (Wildman–Crippen MR) is 113 cm³/mol. The molecule has 0 saturated heterocycles. The van der Waals surface area contributed by atoms with Gasteiger partial charge in [-0.25, -0.2) is 9.97 Å². The Balaban J connectivity index is 1.95. The third kappa shape index (κ3) is 4.76. The average Bonchev–Trinajstić information content (AvgIpc) is 3.00. The van der Waals surface area contributed by atoms with Gasteiger partial charge in [-0.2, -0.15) is 5.10 Å². The van der Waals surface area contributed by atoms with Crippen LogP contribution in [0.25, 0.3) is 11.0 Å². The van der Waals surface area contributed by atoms with Crippen LogP contribution in [0, 0.1) is 0 Å². The number of carbonyl (C=O) groups is 1. The zero-order valence-corrected chi connectivity index (χ0v) is 17.6. The first kappa shape index (κ1) is 20.9. The Morgan fingerprint density at radius 1 is 1.31 bits per heavy atom. The lowest BCUT2D eigenvalue weighted by molar-refractivity contribution is -0.118. The molecule has 0 fully saturated rings. The fraction of sp³-hybridized carbons (Fsp3) is 0.400. The van der Waals surface area contributed by atoms with E-state index >= 15 is 0 Å². The van der Waals surface area contributed by atoms with E-state index in [9.17, 15) is 4.79 Å². The number of fused-ring (bicyclic) bond motifs is 1. The molecule has 0 saturated carbocycles. The molecule has 0 aliphatic carbocycles. The lowest BCUT2D eigenvalue weighted by Gasteiger charge is -2.11. The maximum atomic E-state index is 11.2. The Morgan fingerprint density at radius 3 is 2.76 bits per heavy atom. The number of nitrogens with zero attached hydrogens (tertiary/aromatic N) is 4. The smallest absolute Gasteiger partial charge is 0.217 e. The summed E-state index contributed by atoms with van der Waals surface area (Å²) < 4.78 is 6.99. The second-order valence-electron chi connectivity index (χ2n) is 6.79. The molecule has 0 aliphatic rings. The number of hydrogen-bond donors (Lipinski definition) is 2. The van der Waals surface area contributed by atoms with E-state index in [1.165, 1.54) is 0 Å². The van der Waals surface area contributed by atoms with Crippen LogP contribution < -0.4 is 15.8 Å². The Kier molecular flexibility index (Phi) is 6.53. The molecule has 9 heteroatoms. The molecule has 3 N–H and O–H groups in total. The SMILES string of the molecule is CCCc1nn(C)c2c(NCc3ccc(OC)c(Cl)c3)nc(CCC(N)=O)nc12. The van der Waals surface area contributed by atoms with Crippen molar-refractivity contribution in [3.8, 4) is 5.75 Å². The topological polar surface area (TPSA) is 108 Å². The van der Waals surface area contributed by atoms with Crippen LogP contribution in [0.3, 0.4) is 0 Å². The average molecular weight is 417 g/mol. The van der Waals surface area contributed by atoms with Gasteiger partial charge in [0.05, 0.1) is 17.8 Å². The number of ether oxygens (including phenoxy) is 1. The second kappa shape index (κ2) is 9.09. The highest BCUT2D eigenvalue weighted by atomic mass is 35.5. The molecule has 1 amide bonds. The maximum Gasteiger partial charge on any atom is 0.217 e. The van der Waals surface area contributed by atoms with Crippen molar-refractivity contribution in [1.82, 2.24) is 19.7 Å². The zero-order chi connectivity index (χ0) is 21.0. The third-order valence-corrected chi connectivity index (χ3v) is 4.85. The summed E-state index contributed by atoms with van der Waals surface area (Å²) in [6, 6.07) is 5.62. The Morgan fingerprint density at radius 2 is 2.10 bits per heavy atom. The number of rotatable bonds is 9. The summed E-state index contributed by atoms with van der Waals surface area (Å²) in [5.74, 6) is 1.48. The second-order valence-corrected chi connectivity index (χ2v) is 7.20. The number of nitrogens with two attached hydrogens (primary N) is 1. The van der Waals surface area contributed by atoms with Crippen molar-refractivity contribution in [3.63, 3.8) is 0 Å². The first-order valence-corrected chi connectivity index (χ1v) is 9.87. The van der Waals surface area contributed by atoms with E-state index in [1.807, 2.05) is 25.2 Å². The van der Waals surface area contributed by atoms with Gasteiger partial charge in [-0.15, -0.1) is 0 Å². The summed E-state index contributed by atoms with van der Waals surface area (Å²) in [6.07, 6.45) is 2.36. The minimum Gasteiger partial charge on any atom is -0.495 e. The normalized spacial score (nSPS) is 11.0. The van der Waals surface area contributed by atoms with Crippen LogP contribution in [0.1, 0.15) is 36.8 Å². The molecule has 0 spiro atoms. The van der Waals surface area contributed by atoms with Gasteiger partial charge in [0.15, 0.2) is 5.82 Å². The van der Waals surface area contributed by atoms with Gasteiger partial charge in [-0.05, 0) is 24.1 Å². The van der Waals surface area contributed by atoms with E-state index in [0.29, 0.717) is 35.4 Å². The summed E-state index contributed by atoms with van der Waals surface area (Å²) in [7, 11) is 3.46. The molecular weight excluding hydrogens is 392 g/mol. The highest BCUT2D eigenvalue weighted by Gasteiger charge is 2.17. The van der Waals surface area contributed by atoms with Gasteiger partial charge in [-0.1, -0.05) is 31.0 Å². The van der Waals surface area contributed by atoms with Crippen LogP contribution >= 0.6 is 11.6 Å². The standard InChI is InChI=1S/C20H25ClN6O2/c1-4-5-14-18-19(27(2)26-14)20(25-17(24-18)9-8-16(22)28)23-11-12-6-7-15(29-3)13(21)10-12/h6-7,10H,4-5,8-9,11H2,1-3H3,(H2,22,28)(H,23,24,25). The molecule has 1 aromatic carbocycles. The molecule has 3 aromatic rings. The number of amides is 1. The fourth-order valence-corrected chi connectivity index (χ4v) is 3.45. The van der Waals surface area contributed by atoms with E-state index in [-0.39, 0.29) is 12.3 Å². The van der Waals surface area contributed by atoms with Gasteiger partial charge < -0.3 is 15.8 Å². The van der Waals surface area contributed by atoms with E-state index in [2.05, 4.69) is 27.3 Å². The van der Waals surface area contributed by atoms with E-state index in [4.69, 9.17) is 22.1 Å². The van der Waals surface area contributed by atoms with Gasteiger partial charge in [0.2, 0.25) is 5.91 Å². The number of primary amides is 1. The maximum absolute atomic E-state index is 11.2. The van der Waals surface area contributed by atoms with Crippen molar-refractivity contribution in [2.75, 3.05) is 12.4 Å². The van der Waals surface area contributed by atoms with Gasteiger partial charge in [-0.3, -0.25) is 9.48 Å². The molecule has 0 atom stereocenters. The molecule has 3 rings (SSSR count). The molecular formula is C20H25ClN6O2. The van der Waals surface area contributed by atoms with Crippen molar-refractivity contribution >= 4 is 34.4 Å². The lowest BCUT2D eigenvalue weighted by Crippen LogP contribution is -2.13. The first-order valence-electron chi connectivity index (χ1n) is 9.50. The Labute approximate surface area is 174 Å². The summed E-state index contributed by atoms with van der Waals surface area (Å²) >= 11 is 6.23. The number of halogens is 1. The van der Waals surface area contributed by atoms with Gasteiger partial charge in [0, 0.05) is 26.4 Å². The van der Waals surface area contributed by atoms with Gasteiger partial charge in [0.25, 0.3) is 0 Å². The molecule has 0 aliphatic heterocycles. The van der Waals surface area contributed by atoms with Crippen molar-refractivity contribution in [3.05, 3.63) is 40.3 Å². The number of methoxy groups -OCH3 is 1. The summed E-state index contributed by atoms with van der Waals surface area (Å²) in [5.41, 5.74) is 8.83. The van der Waals surface area contributed by atoms with Crippen LogP contribution in [-0.2, 0) is 31.2 Å². The number of nitrogens with one attached hydrogen (secondary N) is 1. The first-order chi connectivity index (χ1) is 13.9. The number of aryl methyl sites for hydroxylation is 3. The third-order valence-electron chi connectivity index (χ3n) is 4.56. The van der Waals surface area contributed by atoms with Crippen molar-refractivity contribution in [1.29, 1.82) is 0 Å². The van der Waals surface area contributed by atoms with E-state index in [1.54, 1.807) is 11.8 Å².